The summed E-state index contributed by atoms with van der Waals surface area (Å²) in [5.74, 6) is -0.728. The lowest BCUT2D eigenvalue weighted by Gasteiger charge is -2.25. The number of para-hydroxylation sites is 1. The number of anilines is 1. The second-order valence-corrected chi connectivity index (χ2v) is 9.97. The van der Waals surface area contributed by atoms with Crippen molar-refractivity contribution in [2.75, 3.05) is 11.4 Å². The molecule has 3 rings (SSSR count). The molecule has 3 aromatic rings. The van der Waals surface area contributed by atoms with Crippen molar-refractivity contribution in [2.45, 2.75) is 37.6 Å². The highest BCUT2D eigenvalue weighted by Gasteiger charge is 2.31. The third-order valence-electron chi connectivity index (χ3n) is 4.63. The van der Waals surface area contributed by atoms with Crippen LogP contribution in [-0.2, 0) is 27.7 Å². The number of benzene rings is 2. The van der Waals surface area contributed by atoms with Gasteiger partial charge in [0.2, 0.25) is 0 Å². The fraction of sp³-hybridized carbons (Fsp3) is 0.273. The minimum absolute atomic E-state index is 0.00972. The van der Waals surface area contributed by atoms with Crippen LogP contribution in [0, 0.1) is 0 Å². The summed E-state index contributed by atoms with van der Waals surface area (Å²) in [6, 6.07) is 12.7. The number of carbonyl (C=O) groups is 1. The number of sulfonamides is 1. The average Bonchev–Trinajstić information content (AvgIpc) is 3.23. The number of ether oxygens (including phenoxy) is 1. The van der Waals surface area contributed by atoms with Crippen molar-refractivity contribution in [3.63, 3.8) is 0 Å². The van der Waals surface area contributed by atoms with E-state index in [1.54, 1.807) is 36.4 Å². The summed E-state index contributed by atoms with van der Waals surface area (Å²) in [7, 11) is -2.94. The zero-order valence-corrected chi connectivity index (χ0v) is 19.6. The lowest BCUT2D eigenvalue weighted by molar-refractivity contribution is 0.0596. The van der Waals surface area contributed by atoms with E-state index >= 15 is 0 Å². The van der Waals surface area contributed by atoms with Gasteiger partial charge in [-0.05, 0) is 37.1 Å². The Hall–Kier alpha value is -2.42. The topological polar surface area (TPSA) is 76.6 Å². The normalized spacial score (nSPS) is 11.3. The minimum Gasteiger partial charge on any atom is -0.465 e. The van der Waals surface area contributed by atoms with Crippen molar-refractivity contribution >= 4 is 44.6 Å². The number of hydrogen-bond acceptors (Lipinski definition) is 6. The highest BCUT2D eigenvalue weighted by molar-refractivity contribution is 7.92. The van der Waals surface area contributed by atoms with Crippen LogP contribution in [0.4, 0.5) is 5.69 Å². The van der Waals surface area contributed by atoms with E-state index in [0.29, 0.717) is 11.4 Å². The number of esters is 1. The molecule has 0 N–H and O–H groups in total. The molecule has 0 aliphatic heterocycles. The van der Waals surface area contributed by atoms with E-state index in [2.05, 4.69) is 11.9 Å². The molecule has 0 atom stereocenters. The van der Waals surface area contributed by atoms with Gasteiger partial charge < -0.3 is 4.74 Å². The van der Waals surface area contributed by atoms with E-state index in [4.69, 9.17) is 16.3 Å². The Morgan fingerprint density at radius 1 is 1.16 bits per heavy atom. The lowest BCUT2D eigenvalue weighted by Crippen LogP contribution is -2.32. The summed E-state index contributed by atoms with van der Waals surface area (Å²) >= 11 is 7.88. The molecule has 2 aromatic carbocycles. The van der Waals surface area contributed by atoms with Gasteiger partial charge in [-0.3, -0.25) is 4.31 Å². The Morgan fingerprint density at radius 2 is 1.87 bits per heavy atom. The van der Waals surface area contributed by atoms with Crippen LogP contribution in [0.25, 0.3) is 0 Å². The quantitative estimate of drug-likeness (QED) is 0.389. The van der Waals surface area contributed by atoms with Crippen LogP contribution in [0.15, 0.2) is 58.8 Å². The molecule has 0 amide bonds. The van der Waals surface area contributed by atoms with Gasteiger partial charge in [0, 0.05) is 5.38 Å². The summed E-state index contributed by atoms with van der Waals surface area (Å²) in [6.07, 6.45) is 2.93. The number of aromatic nitrogens is 1. The van der Waals surface area contributed by atoms with E-state index in [9.17, 15) is 13.2 Å². The molecule has 31 heavy (non-hydrogen) atoms. The number of nitrogens with zero attached hydrogens (tertiary/aromatic N) is 2. The summed E-state index contributed by atoms with van der Waals surface area (Å²) < 4.78 is 33.5. The van der Waals surface area contributed by atoms with Gasteiger partial charge in [0.15, 0.2) is 0 Å². The molecular weight excluding hydrogens is 456 g/mol. The van der Waals surface area contributed by atoms with Gasteiger partial charge in [-0.15, -0.1) is 11.3 Å². The molecule has 0 bridgehead atoms. The predicted molar refractivity (Wildman–Crippen MR) is 123 cm³/mol. The molecule has 1 aromatic heterocycles. The highest BCUT2D eigenvalue weighted by Crippen LogP contribution is 2.33. The largest absolute Gasteiger partial charge is 0.465 e. The first-order valence-electron chi connectivity index (χ1n) is 9.76. The maximum Gasteiger partial charge on any atom is 0.339 e. The Kier molecular flexibility index (Phi) is 7.69. The number of halogens is 1. The van der Waals surface area contributed by atoms with E-state index in [1.807, 2.05) is 5.38 Å². The molecule has 0 unspecified atom stereocenters. The molecule has 1 heterocycles. The molecular formula is C22H23ClN2O4S2. The number of carbonyl (C=O) groups excluding carboxylic acids is 1. The standard InChI is InChI=1S/C22H23ClN2O4S2/c1-3-4-13-21-24-16(15-30-21)14-25(19-11-7-6-10-18(19)23)31(27,28)20-12-8-5-9-17(20)22(26)29-2/h5-12,15H,3-4,13-14H2,1-2H3. The van der Waals surface area contributed by atoms with Crippen LogP contribution < -0.4 is 4.31 Å². The summed E-state index contributed by atoms with van der Waals surface area (Å²) in [4.78, 5) is 16.7. The van der Waals surface area contributed by atoms with Crippen LogP contribution in [0.1, 0.15) is 40.8 Å². The Morgan fingerprint density at radius 3 is 2.58 bits per heavy atom. The van der Waals surface area contributed by atoms with Crippen molar-refractivity contribution in [3.05, 3.63) is 75.2 Å². The van der Waals surface area contributed by atoms with Crippen molar-refractivity contribution in [1.82, 2.24) is 4.98 Å². The highest BCUT2D eigenvalue weighted by atomic mass is 35.5. The summed E-state index contributed by atoms with van der Waals surface area (Å²) in [5.41, 5.74) is 0.894. The number of hydrogen-bond donors (Lipinski definition) is 0. The van der Waals surface area contributed by atoms with E-state index in [0.717, 1.165) is 24.3 Å². The van der Waals surface area contributed by atoms with Crippen molar-refractivity contribution in [3.8, 4) is 0 Å². The van der Waals surface area contributed by atoms with Gasteiger partial charge in [-0.1, -0.05) is 49.2 Å². The molecule has 9 heteroatoms. The van der Waals surface area contributed by atoms with Crippen molar-refractivity contribution in [2.24, 2.45) is 0 Å². The van der Waals surface area contributed by atoms with Gasteiger partial charge in [0.05, 0.1) is 40.6 Å². The third kappa shape index (κ3) is 5.26. The Labute approximate surface area is 191 Å². The zero-order valence-electron chi connectivity index (χ0n) is 17.2. The molecule has 164 valence electrons. The van der Waals surface area contributed by atoms with E-state index in [-0.39, 0.29) is 22.0 Å². The Bertz CT molecular complexity index is 1160. The summed E-state index contributed by atoms with van der Waals surface area (Å²) in [5, 5.41) is 3.10. The SMILES string of the molecule is CCCCc1nc(CN(c2ccccc2Cl)S(=O)(=O)c2ccccc2C(=O)OC)cs1. The van der Waals surface area contributed by atoms with Crippen LogP contribution >= 0.6 is 22.9 Å². The molecule has 6 nitrogen and oxygen atoms in total. The molecule has 0 aliphatic carbocycles. The van der Waals surface area contributed by atoms with Gasteiger partial charge in [0.25, 0.3) is 10.0 Å². The molecule has 0 spiro atoms. The Balaban J connectivity index is 2.08. The fourth-order valence-corrected chi connectivity index (χ4v) is 5.81. The molecule has 0 radical (unpaired) electrons. The van der Waals surface area contributed by atoms with Gasteiger partial charge in [0.1, 0.15) is 4.90 Å². The van der Waals surface area contributed by atoms with Gasteiger partial charge in [-0.2, -0.15) is 0 Å². The van der Waals surface area contributed by atoms with Crippen LogP contribution in [-0.4, -0.2) is 26.5 Å². The van der Waals surface area contributed by atoms with E-state index in [1.165, 1.54) is 34.9 Å². The molecule has 0 saturated carbocycles. The van der Waals surface area contributed by atoms with E-state index < -0.39 is 16.0 Å². The molecule has 0 fully saturated rings. The second kappa shape index (κ2) is 10.3. The lowest BCUT2D eigenvalue weighted by atomic mass is 10.2. The first-order valence-corrected chi connectivity index (χ1v) is 12.5. The first kappa shape index (κ1) is 23.2. The summed E-state index contributed by atoms with van der Waals surface area (Å²) in [6.45, 7) is 2.10. The fourth-order valence-electron chi connectivity index (χ4n) is 3.05. The third-order valence-corrected chi connectivity index (χ3v) is 7.73. The smallest absolute Gasteiger partial charge is 0.339 e. The number of thiazole rings is 1. The number of methoxy groups -OCH3 is 1. The number of rotatable bonds is 9. The maximum atomic E-state index is 13.7. The maximum absolute atomic E-state index is 13.7. The predicted octanol–water partition coefficient (Wildman–Crippen LogP) is 5.32. The zero-order chi connectivity index (χ0) is 22.4. The minimum atomic E-state index is -4.16. The van der Waals surface area contributed by atoms with Crippen LogP contribution in [0.2, 0.25) is 5.02 Å². The molecule has 0 saturated heterocycles. The molecule has 0 aliphatic rings. The van der Waals surface area contributed by atoms with Crippen LogP contribution in [0.5, 0.6) is 0 Å². The van der Waals surface area contributed by atoms with Crippen molar-refractivity contribution in [1.29, 1.82) is 0 Å². The van der Waals surface area contributed by atoms with Gasteiger partial charge in [-0.25, -0.2) is 18.2 Å². The van der Waals surface area contributed by atoms with Crippen LogP contribution in [0.3, 0.4) is 0 Å². The second-order valence-electron chi connectivity index (χ2n) is 6.79. The van der Waals surface area contributed by atoms with Gasteiger partial charge >= 0.3 is 5.97 Å². The average molecular weight is 479 g/mol. The number of aryl methyl sites for hydroxylation is 1. The number of unbranched alkanes of at least 4 members (excludes halogenated alkanes) is 1. The van der Waals surface area contributed by atoms with Crippen molar-refractivity contribution < 1.29 is 17.9 Å². The first-order chi connectivity index (χ1) is 14.9. The monoisotopic (exact) mass is 478 g/mol.